The van der Waals surface area contributed by atoms with Crippen molar-refractivity contribution < 1.29 is 18.3 Å². The highest BCUT2D eigenvalue weighted by Gasteiger charge is 2.27. The van der Waals surface area contributed by atoms with Crippen LogP contribution in [-0.4, -0.2) is 38.1 Å². The van der Waals surface area contributed by atoms with Crippen molar-refractivity contribution in [2.45, 2.75) is 56.1 Å². The molecule has 1 amide bonds. The highest BCUT2D eigenvalue weighted by Crippen LogP contribution is 2.30. The van der Waals surface area contributed by atoms with Crippen LogP contribution in [0.15, 0.2) is 23.1 Å². The van der Waals surface area contributed by atoms with Gasteiger partial charge in [-0.3, -0.25) is 4.79 Å². The first kappa shape index (κ1) is 16.4. The summed E-state index contributed by atoms with van der Waals surface area (Å²) in [5, 5.41) is 9.51. The van der Waals surface area contributed by atoms with Crippen LogP contribution in [0, 0.1) is 0 Å². The molecule has 0 bridgehead atoms. The van der Waals surface area contributed by atoms with Gasteiger partial charge in [0.05, 0.1) is 11.0 Å². The van der Waals surface area contributed by atoms with E-state index < -0.39 is 10.0 Å². The lowest BCUT2D eigenvalue weighted by Crippen LogP contribution is -2.38. The molecule has 1 aliphatic carbocycles. The molecule has 0 saturated heterocycles. The highest BCUT2D eigenvalue weighted by molar-refractivity contribution is 7.89. The predicted molar refractivity (Wildman–Crippen MR) is 86.8 cm³/mol. The van der Waals surface area contributed by atoms with Gasteiger partial charge in [0, 0.05) is 25.2 Å². The van der Waals surface area contributed by atoms with Crippen molar-refractivity contribution in [3.63, 3.8) is 0 Å². The molecule has 7 heteroatoms. The van der Waals surface area contributed by atoms with Gasteiger partial charge in [-0.15, -0.1) is 0 Å². The number of aliphatic hydroxyl groups is 1. The summed E-state index contributed by atoms with van der Waals surface area (Å²) in [6.07, 6.45) is 2.93. The van der Waals surface area contributed by atoms with Gasteiger partial charge in [-0.2, -0.15) is 0 Å². The molecule has 23 heavy (non-hydrogen) atoms. The molecule has 0 atom stereocenters. The van der Waals surface area contributed by atoms with Crippen LogP contribution in [0.1, 0.15) is 38.2 Å². The van der Waals surface area contributed by atoms with Crippen LogP contribution in [0.25, 0.3) is 0 Å². The molecular formula is C16H22N2O4S. The van der Waals surface area contributed by atoms with E-state index in [0.717, 1.165) is 11.3 Å². The highest BCUT2D eigenvalue weighted by atomic mass is 32.2. The van der Waals surface area contributed by atoms with Crippen molar-refractivity contribution in [2.24, 2.45) is 0 Å². The van der Waals surface area contributed by atoms with Gasteiger partial charge in [0.1, 0.15) is 0 Å². The van der Waals surface area contributed by atoms with Gasteiger partial charge >= 0.3 is 0 Å². The van der Waals surface area contributed by atoms with E-state index in [0.29, 0.717) is 38.6 Å². The van der Waals surface area contributed by atoms with Gasteiger partial charge in [0.25, 0.3) is 0 Å². The molecule has 0 aromatic heterocycles. The molecule has 0 radical (unpaired) electrons. The van der Waals surface area contributed by atoms with Gasteiger partial charge in [0.15, 0.2) is 0 Å². The van der Waals surface area contributed by atoms with Crippen molar-refractivity contribution in [1.29, 1.82) is 0 Å². The van der Waals surface area contributed by atoms with Crippen LogP contribution in [-0.2, 0) is 21.2 Å². The van der Waals surface area contributed by atoms with E-state index in [1.165, 1.54) is 6.92 Å². The number of carbonyl (C=O) groups excluding carboxylic acids is 1. The fourth-order valence-corrected chi connectivity index (χ4v) is 4.71. The van der Waals surface area contributed by atoms with Crippen molar-refractivity contribution in [2.75, 3.05) is 11.4 Å². The first-order valence-corrected chi connectivity index (χ1v) is 9.46. The predicted octanol–water partition coefficient (Wildman–Crippen LogP) is 1.18. The maximum Gasteiger partial charge on any atom is 0.240 e. The van der Waals surface area contributed by atoms with Crippen molar-refractivity contribution in [3.05, 3.63) is 23.8 Å². The summed E-state index contributed by atoms with van der Waals surface area (Å²) >= 11 is 0. The van der Waals surface area contributed by atoms with Crippen LogP contribution in [0.2, 0.25) is 0 Å². The van der Waals surface area contributed by atoms with Crippen LogP contribution < -0.4 is 9.62 Å². The molecule has 0 unspecified atom stereocenters. The fourth-order valence-electron chi connectivity index (χ4n) is 3.35. The van der Waals surface area contributed by atoms with E-state index in [2.05, 4.69) is 4.72 Å². The number of fused-ring (bicyclic) bond motifs is 1. The smallest absolute Gasteiger partial charge is 0.240 e. The summed E-state index contributed by atoms with van der Waals surface area (Å²) in [7, 11) is -3.57. The summed E-state index contributed by atoms with van der Waals surface area (Å²) in [5.74, 6) is -0.0294. The van der Waals surface area contributed by atoms with Crippen molar-refractivity contribution in [3.8, 4) is 0 Å². The second-order valence-corrected chi connectivity index (χ2v) is 8.05. The van der Waals surface area contributed by atoms with Crippen LogP contribution in [0.4, 0.5) is 5.69 Å². The first-order valence-electron chi connectivity index (χ1n) is 7.98. The average Bonchev–Trinajstić information content (AvgIpc) is 2.92. The minimum absolute atomic E-state index is 0.0294. The number of aliphatic hydroxyl groups excluding tert-OH is 1. The molecule has 1 fully saturated rings. The minimum atomic E-state index is -3.57. The molecule has 3 rings (SSSR count). The number of carbonyl (C=O) groups is 1. The van der Waals surface area contributed by atoms with Crippen molar-refractivity contribution in [1.82, 2.24) is 4.72 Å². The Bertz CT molecular complexity index is 709. The number of sulfonamides is 1. The Morgan fingerprint density at radius 3 is 2.61 bits per heavy atom. The molecule has 126 valence electrons. The molecule has 1 aromatic rings. The van der Waals surface area contributed by atoms with E-state index in [4.69, 9.17) is 0 Å². The van der Waals surface area contributed by atoms with Gasteiger partial charge in [-0.05, 0) is 55.9 Å². The monoisotopic (exact) mass is 338 g/mol. The number of benzene rings is 1. The van der Waals surface area contributed by atoms with Crippen molar-refractivity contribution >= 4 is 21.6 Å². The lowest BCUT2D eigenvalue weighted by Gasteiger charge is -2.26. The number of anilines is 1. The third-order valence-corrected chi connectivity index (χ3v) is 6.17. The van der Waals surface area contributed by atoms with E-state index >= 15 is 0 Å². The number of nitrogens with zero attached hydrogens (tertiary/aromatic N) is 1. The Kier molecular flexibility index (Phi) is 4.44. The molecule has 1 aromatic carbocycles. The normalized spacial score (nSPS) is 24.5. The summed E-state index contributed by atoms with van der Waals surface area (Å²) in [6, 6.07) is 4.81. The number of amides is 1. The largest absolute Gasteiger partial charge is 0.393 e. The number of hydrogen-bond acceptors (Lipinski definition) is 4. The molecule has 1 aliphatic heterocycles. The molecule has 2 N–H and O–H groups in total. The molecule has 6 nitrogen and oxygen atoms in total. The Morgan fingerprint density at radius 2 is 1.96 bits per heavy atom. The quantitative estimate of drug-likeness (QED) is 0.866. The zero-order valence-corrected chi connectivity index (χ0v) is 14.0. The topological polar surface area (TPSA) is 86.7 Å². The van der Waals surface area contributed by atoms with E-state index in [-0.39, 0.29) is 22.9 Å². The molecule has 0 spiro atoms. The Morgan fingerprint density at radius 1 is 1.26 bits per heavy atom. The third kappa shape index (κ3) is 3.41. The van der Waals surface area contributed by atoms with Gasteiger partial charge in [-0.25, -0.2) is 13.1 Å². The summed E-state index contributed by atoms with van der Waals surface area (Å²) in [4.78, 5) is 13.5. The standard InChI is InChI=1S/C16H22N2O4S/c1-11(19)18-9-8-12-10-15(6-7-16(12)18)23(21,22)17-13-2-4-14(20)5-3-13/h6-7,10,13-14,17,20H,2-5,8-9H2,1H3. The molecule has 1 saturated carbocycles. The number of nitrogens with one attached hydrogen (secondary N) is 1. The van der Waals surface area contributed by atoms with E-state index in [1.807, 2.05) is 0 Å². The lowest BCUT2D eigenvalue weighted by molar-refractivity contribution is -0.116. The molecule has 1 heterocycles. The number of hydrogen-bond donors (Lipinski definition) is 2. The van der Waals surface area contributed by atoms with E-state index in [9.17, 15) is 18.3 Å². The number of rotatable bonds is 3. The second kappa shape index (κ2) is 6.22. The molecular weight excluding hydrogens is 316 g/mol. The van der Waals surface area contributed by atoms with Gasteiger partial charge in [0.2, 0.25) is 15.9 Å². The van der Waals surface area contributed by atoms with Crippen LogP contribution in [0.3, 0.4) is 0 Å². The van der Waals surface area contributed by atoms with Gasteiger partial charge in [-0.1, -0.05) is 0 Å². The fraction of sp³-hybridized carbons (Fsp3) is 0.562. The van der Waals surface area contributed by atoms with Gasteiger partial charge < -0.3 is 10.0 Å². The zero-order chi connectivity index (χ0) is 16.6. The molecule has 2 aliphatic rings. The van der Waals surface area contributed by atoms with Crippen LogP contribution in [0.5, 0.6) is 0 Å². The minimum Gasteiger partial charge on any atom is -0.393 e. The van der Waals surface area contributed by atoms with Crippen LogP contribution >= 0.6 is 0 Å². The first-order chi connectivity index (χ1) is 10.9. The maximum absolute atomic E-state index is 12.5. The second-order valence-electron chi connectivity index (χ2n) is 6.34. The summed E-state index contributed by atoms with van der Waals surface area (Å²) in [5.41, 5.74) is 1.69. The SMILES string of the molecule is CC(=O)N1CCc2cc(S(=O)(=O)NC3CCC(O)CC3)ccc21. The Balaban J connectivity index is 1.77. The third-order valence-electron chi connectivity index (χ3n) is 4.66. The Labute approximate surface area is 136 Å². The zero-order valence-electron chi connectivity index (χ0n) is 13.2. The summed E-state index contributed by atoms with van der Waals surface area (Å²) in [6.45, 7) is 2.11. The van der Waals surface area contributed by atoms with E-state index in [1.54, 1.807) is 23.1 Å². The Hall–Kier alpha value is -1.44. The average molecular weight is 338 g/mol. The summed E-state index contributed by atoms with van der Waals surface area (Å²) < 4.78 is 27.8. The maximum atomic E-state index is 12.5. The lowest BCUT2D eigenvalue weighted by atomic mass is 9.94.